The molecular formula is C16H20N4O3. The number of hydrogen-bond acceptors (Lipinski definition) is 5. The van der Waals surface area contributed by atoms with Gasteiger partial charge in [-0.15, -0.1) is 0 Å². The lowest BCUT2D eigenvalue weighted by atomic mass is 10.2. The lowest BCUT2D eigenvalue weighted by molar-refractivity contribution is 0.0911. The van der Waals surface area contributed by atoms with E-state index in [1.54, 1.807) is 19.4 Å². The van der Waals surface area contributed by atoms with Crippen LogP contribution >= 0.6 is 0 Å². The molecule has 0 saturated carbocycles. The van der Waals surface area contributed by atoms with Gasteiger partial charge in [0.1, 0.15) is 5.58 Å². The summed E-state index contributed by atoms with van der Waals surface area (Å²) in [5.41, 5.74) is 7.46. The predicted molar refractivity (Wildman–Crippen MR) is 87.4 cm³/mol. The van der Waals surface area contributed by atoms with Gasteiger partial charge in [-0.2, -0.15) is 5.10 Å². The van der Waals surface area contributed by atoms with Gasteiger partial charge in [0, 0.05) is 30.5 Å². The number of methoxy groups -OCH3 is 1. The number of nitrogens with one attached hydrogen (secondary N) is 1. The lowest BCUT2D eigenvalue weighted by Gasteiger charge is -2.06. The Morgan fingerprint density at radius 3 is 3.09 bits per heavy atom. The van der Waals surface area contributed by atoms with Crippen LogP contribution in [0.15, 0.2) is 28.8 Å². The average molecular weight is 316 g/mol. The van der Waals surface area contributed by atoms with Crippen molar-refractivity contribution in [2.45, 2.75) is 19.5 Å². The summed E-state index contributed by atoms with van der Waals surface area (Å²) in [6.45, 7) is 3.42. The van der Waals surface area contributed by atoms with Crippen LogP contribution < -0.4 is 11.1 Å². The molecule has 7 heteroatoms. The minimum Gasteiger partial charge on any atom is -0.451 e. The normalized spacial score (nSPS) is 12.8. The first kappa shape index (κ1) is 15.5. The van der Waals surface area contributed by atoms with Crippen molar-refractivity contribution in [2.24, 2.45) is 5.73 Å². The quantitative estimate of drug-likeness (QED) is 0.672. The van der Waals surface area contributed by atoms with Gasteiger partial charge < -0.3 is 20.2 Å². The maximum atomic E-state index is 12.1. The van der Waals surface area contributed by atoms with E-state index in [9.17, 15) is 4.79 Å². The third kappa shape index (κ3) is 3.06. The van der Waals surface area contributed by atoms with Crippen molar-refractivity contribution in [2.75, 3.05) is 20.3 Å². The first-order valence-corrected chi connectivity index (χ1v) is 7.51. The van der Waals surface area contributed by atoms with Crippen LogP contribution in [0.4, 0.5) is 0 Å². The molecule has 2 heterocycles. The van der Waals surface area contributed by atoms with Gasteiger partial charge in [0.15, 0.2) is 5.76 Å². The number of fused-ring (bicyclic) bond motifs is 3. The zero-order valence-corrected chi connectivity index (χ0v) is 13.2. The second kappa shape index (κ2) is 6.39. The Labute approximate surface area is 133 Å². The number of hydrogen-bond donors (Lipinski definition) is 2. The number of ether oxygens (including phenoxy) is 1. The van der Waals surface area contributed by atoms with Crippen LogP contribution in [-0.4, -0.2) is 42.0 Å². The minimum absolute atomic E-state index is 0.0166. The van der Waals surface area contributed by atoms with Gasteiger partial charge in [-0.25, -0.2) is 0 Å². The summed E-state index contributed by atoms with van der Waals surface area (Å²) in [6.07, 6.45) is 1.79. The predicted octanol–water partition coefficient (Wildman–Crippen LogP) is 1.51. The fourth-order valence-corrected chi connectivity index (χ4v) is 2.57. The van der Waals surface area contributed by atoms with Gasteiger partial charge in [-0.05, 0) is 25.1 Å². The first-order chi connectivity index (χ1) is 11.1. The first-order valence-electron chi connectivity index (χ1n) is 7.51. The van der Waals surface area contributed by atoms with Crippen LogP contribution in [0.5, 0.6) is 0 Å². The summed E-state index contributed by atoms with van der Waals surface area (Å²) in [6, 6.07) is 5.51. The summed E-state index contributed by atoms with van der Waals surface area (Å²) in [5.74, 6) is 0.0156. The third-order valence-electron chi connectivity index (χ3n) is 3.57. The van der Waals surface area contributed by atoms with Crippen molar-refractivity contribution in [3.8, 4) is 0 Å². The monoisotopic (exact) mass is 316 g/mol. The minimum atomic E-state index is -0.260. The molecule has 0 saturated heterocycles. The van der Waals surface area contributed by atoms with Crippen molar-refractivity contribution in [3.05, 3.63) is 30.2 Å². The molecule has 23 heavy (non-hydrogen) atoms. The number of carbonyl (C=O) groups is 1. The second-order valence-electron chi connectivity index (χ2n) is 5.58. The smallest absolute Gasteiger partial charge is 0.287 e. The van der Waals surface area contributed by atoms with E-state index in [-0.39, 0.29) is 17.7 Å². The van der Waals surface area contributed by atoms with E-state index in [4.69, 9.17) is 14.9 Å². The molecule has 0 aliphatic carbocycles. The Hall–Kier alpha value is -2.38. The standard InChI is InChI=1S/C16H20N4O3/c1-10(17)9-20-15-11(8-19-20)3-4-13-12(15)7-14(23-13)16(21)18-5-6-22-2/h3-4,7-8,10H,5-6,9,17H2,1-2H3,(H,18,21)/t10-/m0/s1. The number of nitrogens with two attached hydrogens (primary N) is 1. The van der Waals surface area contributed by atoms with Gasteiger partial charge in [-0.1, -0.05) is 0 Å². The van der Waals surface area contributed by atoms with Crippen molar-refractivity contribution in [1.82, 2.24) is 15.1 Å². The highest BCUT2D eigenvalue weighted by molar-refractivity contribution is 6.06. The summed E-state index contributed by atoms with van der Waals surface area (Å²) in [7, 11) is 1.59. The van der Waals surface area contributed by atoms with E-state index < -0.39 is 0 Å². The van der Waals surface area contributed by atoms with Crippen LogP contribution in [-0.2, 0) is 11.3 Å². The van der Waals surface area contributed by atoms with Gasteiger partial charge in [0.05, 0.1) is 24.9 Å². The van der Waals surface area contributed by atoms with Gasteiger partial charge in [0.25, 0.3) is 5.91 Å². The molecule has 2 aromatic heterocycles. The van der Waals surface area contributed by atoms with E-state index in [2.05, 4.69) is 10.4 Å². The Kier molecular flexibility index (Phi) is 4.31. The molecule has 0 fully saturated rings. The summed E-state index contributed by atoms with van der Waals surface area (Å²) < 4.78 is 12.4. The van der Waals surface area contributed by atoms with Crippen LogP contribution in [0.2, 0.25) is 0 Å². The molecule has 0 aliphatic rings. The van der Waals surface area contributed by atoms with E-state index in [1.165, 1.54) is 0 Å². The summed E-state index contributed by atoms with van der Waals surface area (Å²) in [5, 5.41) is 8.98. The molecule has 122 valence electrons. The number of furan rings is 1. The Balaban J connectivity index is 1.99. The number of benzene rings is 1. The van der Waals surface area contributed by atoms with Crippen LogP contribution in [0, 0.1) is 0 Å². The molecule has 0 radical (unpaired) electrons. The maximum absolute atomic E-state index is 12.1. The molecule has 7 nitrogen and oxygen atoms in total. The highest BCUT2D eigenvalue weighted by Gasteiger charge is 2.16. The van der Waals surface area contributed by atoms with Crippen molar-refractivity contribution in [3.63, 3.8) is 0 Å². The molecule has 0 unspecified atom stereocenters. The SMILES string of the molecule is COCCNC(=O)c1cc2c(ccc3cnn(C[C@H](C)N)c32)o1. The largest absolute Gasteiger partial charge is 0.451 e. The number of rotatable bonds is 6. The molecule has 1 aromatic carbocycles. The fraction of sp³-hybridized carbons (Fsp3) is 0.375. The topological polar surface area (TPSA) is 95.3 Å². The second-order valence-corrected chi connectivity index (χ2v) is 5.58. The summed E-state index contributed by atoms with van der Waals surface area (Å²) >= 11 is 0. The number of nitrogens with zero attached hydrogens (tertiary/aromatic N) is 2. The molecule has 3 N–H and O–H groups in total. The van der Waals surface area contributed by atoms with Gasteiger partial charge in [-0.3, -0.25) is 9.48 Å². The molecule has 1 atom stereocenters. The molecular weight excluding hydrogens is 296 g/mol. The van der Waals surface area contributed by atoms with E-state index in [0.29, 0.717) is 25.3 Å². The van der Waals surface area contributed by atoms with Crippen LogP contribution in [0.25, 0.3) is 21.9 Å². The fourth-order valence-electron chi connectivity index (χ4n) is 2.57. The van der Waals surface area contributed by atoms with E-state index >= 15 is 0 Å². The zero-order chi connectivity index (χ0) is 16.4. The molecule has 3 aromatic rings. The van der Waals surface area contributed by atoms with Gasteiger partial charge in [0.2, 0.25) is 0 Å². The highest BCUT2D eigenvalue weighted by atomic mass is 16.5. The van der Waals surface area contributed by atoms with Crippen LogP contribution in [0.1, 0.15) is 17.5 Å². The third-order valence-corrected chi connectivity index (χ3v) is 3.57. The average Bonchev–Trinajstić information content (AvgIpc) is 3.10. The zero-order valence-electron chi connectivity index (χ0n) is 13.2. The molecule has 0 aliphatic heterocycles. The molecule has 1 amide bonds. The van der Waals surface area contributed by atoms with Crippen LogP contribution in [0.3, 0.4) is 0 Å². The van der Waals surface area contributed by atoms with Crippen molar-refractivity contribution in [1.29, 1.82) is 0 Å². The van der Waals surface area contributed by atoms with Crippen molar-refractivity contribution >= 4 is 27.8 Å². The Morgan fingerprint density at radius 2 is 2.35 bits per heavy atom. The summed E-state index contributed by atoms with van der Waals surface area (Å²) in [4.78, 5) is 12.1. The Morgan fingerprint density at radius 1 is 1.52 bits per heavy atom. The lowest BCUT2D eigenvalue weighted by Crippen LogP contribution is -2.26. The molecule has 0 spiro atoms. The Bertz CT molecular complexity index is 834. The number of carbonyl (C=O) groups excluding carboxylic acids is 1. The van der Waals surface area contributed by atoms with E-state index in [1.807, 2.05) is 23.7 Å². The van der Waals surface area contributed by atoms with Gasteiger partial charge >= 0.3 is 0 Å². The molecule has 0 bridgehead atoms. The maximum Gasteiger partial charge on any atom is 0.287 e. The number of aromatic nitrogens is 2. The van der Waals surface area contributed by atoms with E-state index in [0.717, 1.165) is 16.3 Å². The molecule has 3 rings (SSSR count). The highest BCUT2D eigenvalue weighted by Crippen LogP contribution is 2.28. The van der Waals surface area contributed by atoms with Crippen molar-refractivity contribution < 1.29 is 13.9 Å². The number of amides is 1.